The second-order valence-electron chi connectivity index (χ2n) is 3.86. The molecule has 19 heavy (non-hydrogen) atoms. The number of phenols is 5. The van der Waals surface area contributed by atoms with Gasteiger partial charge in [-0.05, 0) is 18.2 Å². The highest BCUT2D eigenvalue weighted by atomic mass is 16.3. The first-order valence-electron chi connectivity index (χ1n) is 5.22. The van der Waals surface area contributed by atoms with Crippen molar-refractivity contribution in [2.24, 2.45) is 0 Å². The van der Waals surface area contributed by atoms with E-state index in [1.807, 2.05) is 0 Å². The van der Waals surface area contributed by atoms with E-state index in [2.05, 4.69) is 0 Å². The fourth-order valence-corrected chi connectivity index (χ4v) is 1.61. The largest absolute Gasteiger partial charge is 0.507 e. The van der Waals surface area contributed by atoms with Crippen molar-refractivity contribution >= 4 is 5.78 Å². The average molecular weight is 262 g/mol. The molecule has 6 nitrogen and oxygen atoms in total. The van der Waals surface area contributed by atoms with E-state index >= 15 is 0 Å². The predicted molar refractivity (Wildman–Crippen MR) is 64.6 cm³/mol. The van der Waals surface area contributed by atoms with Crippen molar-refractivity contribution in [3.05, 3.63) is 41.5 Å². The Morgan fingerprint density at radius 2 is 1.37 bits per heavy atom. The molecule has 5 N–H and O–H groups in total. The summed E-state index contributed by atoms with van der Waals surface area (Å²) in [6.07, 6.45) is 0. The Hall–Kier alpha value is -2.89. The minimum Gasteiger partial charge on any atom is -0.507 e. The van der Waals surface area contributed by atoms with Crippen molar-refractivity contribution in [1.82, 2.24) is 0 Å². The molecule has 0 saturated carbocycles. The van der Waals surface area contributed by atoms with Crippen LogP contribution in [0.5, 0.6) is 28.7 Å². The lowest BCUT2D eigenvalue weighted by Gasteiger charge is -2.08. The Labute approximate surface area is 107 Å². The molecule has 2 aromatic carbocycles. The Kier molecular flexibility index (Phi) is 2.92. The number of hydrogen-bond acceptors (Lipinski definition) is 6. The van der Waals surface area contributed by atoms with Crippen molar-refractivity contribution in [2.45, 2.75) is 0 Å². The lowest BCUT2D eigenvalue weighted by molar-refractivity contribution is 0.103. The van der Waals surface area contributed by atoms with E-state index in [4.69, 9.17) is 5.11 Å². The second-order valence-corrected chi connectivity index (χ2v) is 3.86. The summed E-state index contributed by atoms with van der Waals surface area (Å²) in [4.78, 5) is 12.1. The number of aromatic hydroxyl groups is 5. The minimum atomic E-state index is -0.804. The van der Waals surface area contributed by atoms with Gasteiger partial charge in [-0.15, -0.1) is 0 Å². The third-order valence-electron chi connectivity index (χ3n) is 2.60. The number of rotatable bonds is 2. The van der Waals surface area contributed by atoms with Gasteiger partial charge in [-0.3, -0.25) is 4.79 Å². The number of phenolic OH excluding ortho intramolecular Hbond substituents is 5. The zero-order valence-corrected chi connectivity index (χ0v) is 9.53. The third kappa shape index (κ3) is 2.11. The maximum atomic E-state index is 12.1. The van der Waals surface area contributed by atoms with Gasteiger partial charge in [-0.1, -0.05) is 6.07 Å². The summed E-state index contributed by atoms with van der Waals surface area (Å²) in [6.45, 7) is 0. The molecule has 0 spiro atoms. The van der Waals surface area contributed by atoms with E-state index in [0.717, 1.165) is 12.1 Å². The first-order valence-corrected chi connectivity index (χ1v) is 5.22. The maximum absolute atomic E-state index is 12.1. The topological polar surface area (TPSA) is 118 Å². The van der Waals surface area contributed by atoms with Crippen molar-refractivity contribution in [1.29, 1.82) is 0 Å². The Morgan fingerprint density at radius 1 is 0.737 bits per heavy atom. The van der Waals surface area contributed by atoms with Gasteiger partial charge in [0.2, 0.25) is 5.78 Å². The van der Waals surface area contributed by atoms with E-state index in [1.54, 1.807) is 0 Å². The number of ketones is 1. The molecule has 0 fully saturated rings. The zero-order valence-electron chi connectivity index (χ0n) is 9.53. The summed E-state index contributed by atoms with van der Waals surface area (Å²) in [7, 11) is 0. The van der Waals surface area contributed by atoms with Gasteiger partial charge < -0.3 is 25.5 Å². The van der Waals surface area contributed by atoms with Crippen LogP contribution in [0.1, 0.15) is 15.9 Å². The van der Waals surface area contributed by atoms with Crippen LogP contribution in [0.25, 0.3) is 0 Å². The lowest BCUT2D eigenvalue weighted by Crippen LogP contribution is -2.02. The van der Waals surface area contributed by atoms with Crippen LogP contribution in [-0.4, -0.2) is 31.3 Å². The first kappa shape index (κ1) is 12.6. The summed E-state index contributed by atoms with van der Waals surface area (Å²) in [5.41, 5.74) is -0.545. The highest BCUT2D eigenvalue weighted by Gasteiger charge is 2.20. The van der Waals surface area contributed by atoms with Crippen LogP contribution in [0.2, 0.25) is 0 Å². The summed E-state index contributed by atoms with van der Waals surface area (Å²) in [6, 6.07) is 5.47. The van der Waals surface area contributed by atoms with Gasteiger partial charge in [0.15, 0.2) is 23.0 Å². The molecule has 0 amide bonds. The molecule has 6 heteroatoms. The van der Waals surface area contributed by atoms with Crippen LogP contribution in [-0.2, 0) is 0 Å². The summed E-state index contributed by atoms with van der Waals surface area (Å²) >= 11 is 0. The fraction of sp³-hybridized carbons (Fsp3) is 0. The molecule has 2 aromatic rings. The maximum Gasteiger partial charge on any atom is 0.200 e. The van der Waals surface area contributed by atoms with Gasteiger partial charge >= 0.3 is 0 Å². The molecule has 0 aromatic heterocycles. The molecule has 0 heterocycles. The number of carbonyl (C=O) groups excluding carboxylic acids is 1. The van der Waals surface area contributed by atoms with Gasteiger partial charge in [-0.2, -0.15) is 0 Å². The Balaban J connectivity index is 2.56. The molecule has 98 valence electrons. The SMILES string of the molecule is O=C(c1cc(O)c(O)cc1O)c1cccc(O)c1O. The van der Waals surface area contributed by atoms with Crippen molar-refractivity contribution in [3.63, 3.8) is 0 Å². The smallest absolute Gasteiger partial charge is 0.200 e. The standard InChI is InChI=1S/C13H10O6/c14-8-3-1-2-6(13(8)19)12(18)7-4-10(16)11(17)5-9(7)15/h1-5,14-17,19H. The van der Waals surface area contributed by atoms with Gasteiger partial charge in [0.05, 0.1) is 11.1 Å². The molecular formula is C13H10O6. The van der Waals surface area contributed by atoms with Gasteiger partial charge in [0.1, 0.15) is 5.75 Å². The summed E-state index contributed by atoms with van der Waals surface area (Å²) in [5.74, 6) is -3.62. The van der Waals surface area contributed by atoms with Crippen LogP contribution < -0.4 is 0 Å². The normalized spacial score (nSPS) is 10.3. The number of carbonyl (C=O) groups is 1. The number of benzene rings is 2. The molecular weight excluding hydrogens is 252 g/mol. The van der Waals surface area contributed by atoms with Crippen molar-refractivity contribution in [3.8, 4) is 28.7 Å². The van der Waals surface area contributed by atoms with Crippen LogP contribution in [0.3, 0.4) is 0 Å². The molecule has 0 radical (unpaired) electrons. The lowest BCUT2D eigenvalue weighted by atomic mass is 10.0. The van der Waals surface area contributed by atoms with Crippen LogP contribution in [0, 0.1) is 0 Å². The minimum absolute atomic E-state index is 0.236. The average Bonchev–Trinajstić information content (AvgIpc) is 2.36. The highest BCUT2D eigenvalue weighted by molar-refractivity contribution is 6.12. The molecule has 0 aliphatic rings. The number of para-hydroxylation sites is 1. The van der Waals surface area contributed by atoms with E-state index in [1.165, 1.54) is 18.2 Å². The van der Waals surface area contributed by atoms with Crippen molar-refractivity contribution < 1.29 is 30.3 Å². The van der Waals surface area contributed by atoms with Gasteiger partial charge in [-0.25, -0.2) is 0 Å². The van der Waals surface area contributed by atoms with Crippen LogP contribution in [0.4, 0.5) is 0 Å². The molecule has 0 saturated heterocycles. The first-order chi connectivity index (χ1) is 8.91. The van der Waals surface area contributed by atoms with E-state index in [0.29, 0.717) is 0 Å². The Bertz CT molecular complexity index is 662. The molecule has 0 unspecified atom stereocenters. The van der Waals surface area contributed by atoms with E-state index in [-0.39, 0.29) is 11.1 Å². The van der Waals surface area contributed by atoms with E-state index < -0.39 is 34.5 Å². The van der Waals surface area contributed by atoms with E-state index in [9.17, 15) is 25.2 Å². The molecule has 0 bridgehead atoms. The van der Waals surface area contributed by atoms with Gasteiger partial charge in [0, 0.05) is 6.07 Å². The molecule has 2 rings (SSSR count). The highest BCUT2D eigenvalue weighted by Crippen LogP contribution is 2.36. The van der Waals surface area contributed by atoms with Crippen LogP contribution in [0.15, 0.2) is 30.3 Å². The molecule has 0 aliphatic heterocycles. The number of hydrogen-bond donors (Lipinski definition) is 5. The third-order valence-corrected chi connectivity index (χ3v) is 2.60. The quantitative estimate of drug-likeness (QED) is 0.317. The summed E-state index contributed by atoms with van der Waals surface area (Å²) in [5, 5.41) is 46.9. The summed E-state index contributed by atoms with van der Waals surface area (Å²) < 4.78 is 0. The van der Waals surface area contributed by atoms with Crippen molar-refractivity contribution in [2.75, 3.05) is 0 Å². The van der Waals surface area contributed by atoms with Gasteiger partial charge in [0.25, 0.3) is 0 Å². The fourth-order valence-electron chi connectivity index (χ4n) is 1.61. The second kappa shape index (κ2) is 4.41. The monoisotopic (exact) mass is 262 g/mol. The molecule has 0 aliphatic carbocycles. The molecule has 0 atom stereocenters. The predicted octanol–water partition coefficient (Wildman–Crippen LogP) is 1.45. The zero-order chi connectivity index (χ0) is 14.2. The van der Waals surface area contributed by atoms with Crippen LogP contribution >= 0.6 is 0 Å². The Morgan fingerprint density at radius 3 is 2.05 bits per heavy atom.